The van der Waals surface area contributed by atoms with Gasteiger partial charge in [-0.15, -0.1) is 10.2 Å². The maximum Gasteiger partial charge on any atom is 0.146 e. The van der Waals surface area contributed by atoms with Crippen molar-refractivity contribution in [2.45, 2.75) is 32.9 Å². The molecule has 1 rings (SSSR count). The number of likely N-dealkylation sites (N-methyl/N-ethyl adjacent to an activating group) is 1. The lowest BCUT2D eigenvalue weighted by Gasteiger charge is -2.33. The predicted molar refractivity (Wildman–Crippen MR) is 58.4 cm³/mol. The number of aromatic nitrogens is 3. The molecule has 1 heterocycles. The topological polar surface area (TPSA) is 54.2 Å². The van der Waals surface area contributed by atoms with Gasteiger partial charge in [0.05, 0.1) is 13.2 Å². The first-order valence-electron chi connectivity index (χ1n) is 5.05. The van der Waals surface area contributed by atoms with Gasteiger partial charge in [0.1, 0.15) is 11.6 Å². The van der Waals surface area contributed by atoms with Gasteiger partial charge >= 0.3 is 0 Å². The van der Waals surface area contributed by atoms with Gasteiger partial charge in [-0.2, -0.15) is 0 Å². The summed E-state index contributed by atoms with van der Waals surface area (Å²) in [4.78, 5) is 2.07. The minimum absolute atomic E-state index is 0.125. The molecular weight excluding hydrogens is 192 g/mol. The second-order valence-electron chi connectivity index (χ2n) is 4.55. The number of hydrogen-bond donors (Lipinski definition) is 1. The second-order valence-corrected chi connectivity index (χ2v) is 4.55. The zero-order valence-corrected chi connectivity index (χ0v) is 10.2. The Hall–Kier alpha value is -0.940. The van der Waals surface area contributed by atoms with E-state index in [0.29, 0.717) is 6.54 Å². The Morgan fingerprint density at radius 2 is 2.00 bits per heavy atom. The van der Waals surface area contributed by atoms with Crippen LogP contribution in [0.25, 0.3) is 0 Å². The summed E-state index contributed by atoms with van der Waals surface area (Å²) in [6.45, 7) is 6.73. The quantitative estimate of drug-likeness (QED) is 0.781. The number of aliphatic hydroxyl groups is 1. The van der Waals surface area contributed by atoms with Crippen molar-refractivity contribution in [3.8, 4) is 0 Å². The Labute approximate surface area is 90.7 Å². The summed E-state index contributed by atoms with van der Waals surface area (Å²) in [6.07, 6.45) is 0. The van der Waals surface area contributed by atoms with E-state index >= 15 is 0 Å². The lowest BCUT2D eigenvalue weighted by atomic mass is 10.1. The first-order valence-corrected chi connectivity index (χ1v) is 5.05. The van der Waals surface area contributed by atoms with Crippen LogP contribution in [-0.2, 0) is 13.6 Å². The first kappa shape index (κ1) is 12.1. The molecule has 0 atom stereocenters. The molecule has 0 unspecified atom stereocenters. The molecule has 0 saturated carbocycles. The monoisotopic (exact) mass is 212 g/mol. The van der Waals surface area contributed by atoms with Crippen LogP contribution >= 0.6 is 0 Å². The number of aliphatic hydroxyl groups excluding tert-OH is 1. The summed E-state index contributed by atoms with van der Waals surface area (Å²) in [5, 5.41) is 17.3. The Balaban J connectivity index is 2.74. The fourth-order valence-corrected chi connectivity index (χ4v) is 1.14. The molecule has 5 heteroatoms. The van der Waals surface area contributed by atoms with Crippen LogP contribution in [-0.4, -0.2) is 44.0 Å². The van der Waals surface area contributed by atoms with E-state index in [0.717, 1.165) is 11.6 Å². The van der Waals surface area contributed by atoms with E-state index in [1.54, 1.807) is 0 Å². The fourth-order valence-electron chi connectivity index (χ4n) is 1.14. The van der Waals surface area contributed by atoms with Crippen molar-refractivity contribution in [2.24, 2.45) is 7.05 Å². The van der Waals surface area contributed by atoms with Crippen LogP contribution in [0.3, 0.4) is 0 Å². The summed E-state index contributed by atoms with van der Waals surface area (Å²) < 4.78 is 1.96. The standard InChI is InChI=1S/C10H20N4O/c1-8-11-12-9(14(8)5)6-13(4)10(2,3)7-15/h15H,6-7H2,1-5H3. The molecule has 0 aliphatic rings. The summed E-state index contributed by atoms with van der Waals surface area (Å²) in [5.74, 6) is 1.82. The SMILES string of the molecule is Cc1nnc(CN(C)C(C)(C)CO)n1C. The van der Waals surface area contributed by atoms with Gasteiger partial charge < -0.3 is 9.67 Å². The highest BCUT2D eigenvalue weighted by Crippen LogP contribution is 2.14. The van der Waals surface area contributed by atoms with Crippen molar-refractivity contribution in [1.82, 2.24) is 19.7 Å². The number of hydrogen-bond acceptors (Lipinski definition) is 4. The van der Waals surface area contributed by atoms with Gasteiger partial charge in [0.2, 0.25) is 0 Å². The molecule has 0 aliphatic carbocycles. The van der Waals surface area contributed by atoms with E-state index in [1.165, 1.54) is 0 Å². The lowest BCUT2D eigenvalue weighted by Crippen LogP contribution is -2.44. The third-order valence-electron chi connectivity index (χ3n) is 2.98. The van der Waals surface area contributed by atoms with Crippen molar-refractivity contribution in [1.29, 1.82) is 0 Å². The maximum atomic E-state index is 9.23. The van der Waals surface area contributed by atoms with Crippen LogP contribution in [0, 0.1) is 6.92 Å². The molecule has 0 aliphatic heterocycles. The van der Waals surface area contributed by atoms with E-state index in [1.807, 2.05) is 39.4 Å². The molecule has 1 N–H and O–H groups in total. The van der Waals surface area contributed by atoms with Crippen molar-refractivity contribution in [3.05, 3.63) is 11.6 Å². The van der Waals surface area contributed by atoms with Crippen LogP contribution in [0.1, 0.15) is 25.5 Å². The second kappa shape index (κ2) is 4.28. The third kappa shape index (κ3) is 2.54. The van der Waals surface area contributed by atoms with Gasteiger partial charge in [-0.3, -0.25) is 4.90 Å². The fraction of sp³-hybridized carbons (Fsp3) is 0.800. The molecule has 0 fully saturated rings. The van der Waals surface area contributed by atoms with Crippen molar-refractivity contribution < 1.29 is 5.11 Å². The Bertz CT molecular complexity index is 332. The molecular formula is C10H20N4O. The minimum atomic E-state index is -0.236. The van der Waals surface area contributed by atoms with Gasteiger partial charge in [-0.1, -0.05) is 0 Å². The van der Waals surface area contributed by atoms with Crippen LogP contribution in [0.4, 0.5) is 0 Å². The van der Waals surface area contributed by atoms with E-state index in [4.69, 9.17) is 0 Å². The van der Waals surface area contributed by atoms with Crippen molar-refractivity contribution in [3.63, 3.8) is 0 Å². The van der Waals surface area contributed by atoms with Crippen LogP contribution in [0.2, 0.25) is 0 Å². The van der Waals surface area contributed by atoms with Crippen LogP contribution < -0.4 is 0 Å². The van der Waals surface area contributed by atoms with Gasteiger partial charge in [0.15, 0.2) is 0 Å². The van der Waals surface area contributed by atoms with E-state index in [-0.39, 0.29) is 12.1 Å². The Morgan fingerprint density at radius 3 is 2.40 bits per heavy atom. The molecule has 1 aromatic rings. The average molecular weight is 212 g/mol. The zero-order chi connectivity index (χ0) is 11.6. The van der Waals surface area contributed by atoms with Gasteiger partial charge in [0, 0.05) is 12.6 Å². The van der Waals surface area contributed by atoms with E-state index < -0.39 is 0 Å². The van der Waals surface area contributed by atoms with Crippen LogP contribution in [0.15, 0.2) is 0 Å². The lowest BCUT2D eigenvalue weighted by molar-refractivity contribution is 0.0707. The molecule has 1 aromatic heterocycles. The van der Waals surface area contributed by atoms with Gasteiger partial charge in [-0.25, -0.2) is 0 Å². The zero-order valence-electron chi connectivity index (χ0n) is 10.2. The van der Waals surface area contributed by atoms with Crippen molar-refractivity contribution >= 4 is 0 Å². The molecule has 5 nitrogen and oxygen atoms in total. The first-order chi connectivity index (χ1) is 6.88. The summed E-state index contributed by atoms with van der Waals surface area (Å²) >= 11 is 0. The average Bonchev–Trinajstić information content (AvgIpc) is 2.49. The predicted octanol–water partition coefficient (Wildman–Crippen LogP) is 0.326. The maximum absolute atomic E-state index is 9.23. The normalized spacial score (nSPS) is 12.5. The number of rotatable bonds is 4. The highest BCUT2D eigenvalue weighted by molar-refractivity contribution is 4.94. The molecule has 86 valence electrons. The largest absolute Gasteiger partial charge is 0.394 e. The Kier molecular flexibility index (Phi) is 3.46. The third-order valence-corrected chi connectivity index (χ3v) is 2.98. The molecule has 0 radical (unpaired) electrons. The summed E-state index contributed by atoms with van der Waals surface area (Å²) in [6, 6.07) is 0. The molecule has 0 spiro atoms. The summed E-state index contributed by atoms with van der Waals surface area (Å²) in [5.41, 5.74) is -0.236. The number of aryl methyl sites for hydroxylation is 1. The highest BCUT2D eigenvalue weighted by Gasteiger charge is 2.23. The highest BCUT2D eigenvalue weighted by atomic mass is 16.3. The molecule has 0 bridgehead atoms. The molecule has 0 saturated heterocycles. The van der Waals surface area contributed by atoms with Crippen molar-refractivity contribution in [2.75, 3.05) is 13.7 Å². The van der Waals surface area contributed by atoms with E-state index in [9.17, 15) is 5.11 Å². The van der Waals surface area contributed by atoms with Gasteiger partial charge in [-0.05, 0) is 27.8 Å². The molecule has 0 amide bonds. The molecule has 15 heavy (non-hydrogen) atoms. The number of nitrogens with zero attached hydrogens (tertiary/aromatic N) is 4. The smallest absolute Gasteiger partial charge is 0.146 e. The van der Waals surface area contributed by atoms with Crippen LogP contribution in [0.5, 0.6) is 0 Å². The van der Waals surface area contributed by atoms with Gasteiger partial charge in [0.25, 0.3) is 0 Å². The molecule has 0 aromatic carbocycles. The van der Waals surface area contributed by atoms with E-state index in [2.05, 4.69) is 15.1 Å². The summed E-state index contributed by atoms with van der Waals surface area (Å²) in [7, 11) is 3.92. The Morgan fingerprint density at radius 1 is 1.40 bits per heavy atom. The minimum Gasteiger partial charge on any atom is -0.394 e.